The highest BCUT2D eigenvalue weighted by Gasteiger charge is 2.19. The molecule has 0 spiro atoms. The fraction of sp³-hybridized carbons (Fsp3) is 0.0800. The maximum absolute atomic E-state index is 3.55. The Labute approximate surface area is 196 Å². The SMILES string of the molecule is Cc1cc(-c2ccc(Br)cc2)cc(-c2ccc(Br)cc2)[n+]1Cc1ccc(Br)cc1. The maximum Gasteiger partial charge on any atom is 0.213 e. The third-order valence-electron chi connectivity index (χ3n) is 4.94. The van der Waals surface area contributed by atoms with E-state index in [4.69, 9.17) is 0 Å². The summed E-state index contributed by atoms with van der Waals surface area (Å²) in [7, 11) is 0. The number of aryl methyl sites for hydroxylation is 1. The van der Waals surface area contributed by atoms with Gasteiger partial charge >= 0.3 is 0 Å². The Bertz CT molecular complexity index is 1130. The van der Waals surface area contributed by atoms with E-state index in [0.29, 0.717) is 0 Å². The molecule has 0 saturated carbocycles. The predicted octanol–water partition coefficient (Wildman–Crippen LogP) is 7.95. The van der Waals surface area contributed by atoms with E-state index in [9.17, 15) is 0 Å². The molecule has 4 rings (SSSR count). The number of rotatable bonds is 4. The number of nitrogens with zero attached hydrogens (tertiary/aromatic N) is 1. The van der Waals surface area contributed by atoms with Crippen molar-refractivity contribution < 1.29 is 4.57 Å². The van der Waals surface area contributed by atoms with Gasteiger partial charge in [0.15, 0.2) is 12.2 Å². The van der Waals surface area contributed by atoms with E-state index in [0.717, 1.165) is 20.0 Å². The van der Waals surface area contributed by atoms with E-state index < -0.39 is 0 Å². The fourth-order valence-corrected chi connectivity index (χ4v) is 4.20. The smallest absolute Gasteiger partial charge is 0.191 e. The highest BCUT2D eigenvalue weighted by atomic mass is 79.9. The normalized spacial score (nSPS) is 10.9. The van der Waals surface area contributed by atoms with Crippen LogP contribution < -0.4 is 4.57 Å². The zero-order valence-electron chi connectivity index (χ0n) is 15.9. The number of hydrogen-bond donors (Lipinski definition) is 0. The van der Waals surface area contributed by atoms with Crippen LogP contribution in [0.5, 0.6) is 0 Å². The van der Waals surface area contributed by atoms with Crippen molar-refractivity contribution in [2.75, 3.05) is 0 Å². The van der Waals surface area contributed by atoms with Crippen molar-refractivity contribution in [1.29, 1.82) is 0 Å². The topological polar surface area (TPSA) is 3.88 Å². The van der Waals surface area contributed by atoms with Crippen LogP contribution >= 0.6 is 47.8 Å². The van der Waals surface area contributed by atoms with Crippen LogP contribution in [0.25, 0.3) is 22.4 Å². The molecule has 1 aromatic heterocycles. The molecular formula is C25H19Br3N+. The highest BCUT2D eigenvalue weighted by molar-refractivity contribution is 9.11. The second kappa shape index (κ2) is 8.95. The van der Waals surface area contributed by atoms with Gasteiger partial charge in [-0.15, -0.1) is 0 Å². The van der Waals surface area contributed by atoms with Crippen LogP contribution in [0.4, 0.5) is 0 Å². The van der Waals surface area contributed by atoms with Gasteiger partial charge in [-0.05, 0) is 59.7 Å². The summed E-state index contributed by atoms with van der Waals surface area (Å²) in [4.78, 5) is 0. The lowest BCUT2D eigenvalue weighted by Gasteiger charge is -2.11. The predicted molar refractivity (Wildman–Crippen MR) is 131 cm³/mol. The minimum absolute atomic E-state index is 0.825. The minimum Gasteiger partial charge on any atom is -0.191 e. The number of pyridine rings is 1. The van der Waals surface area contributed by atoms with E-state index >= 15 is 0 Å². The maximum atomic E-state index is 3.55. The van der Waals surface area contributed by atoms with Crippen LogP contribution in [-0.4, -0.2) is 0 Å². The molecule has 1 heterocycles. The average molecular weight is 573 g/mol. The van der Waals surface area contributed by atoms with Crippen molar-refractivity contribution in [3.8, 4) is 22.4 Å². The molecule has 3 aromatic carbocycles. The van der Waals surface area contributed by atoms with Crippen LogP contribution in [0.3, 0.4) is 0 Å². The van der Waals surface area contributed by atoms with Gasteiger partial charge < -0.3 is 0 Å². The second-order valence-electron chi connectivity index (χ2n) is 7.00. The van der Waals surface area contributed by atoms with Crippen molar-refractivity contribution in [3.05, 3.63) is 110 Å². The Kier molecular flexibility index (Phi) is 6.33. The van der Waals surface area contributed by atoms with Gasteiger partial charge in [0.05, 0.1) is 0 Å². The molecule has 4 aromatic rings. The Hall–Kier alpha value is -1.75. The molecule has 144 valence electrons. The number of halogens is 3. The standard InChI is InChI=1S/C25H19Br3N/c1-17-14-21(19-4-10-23(27)11-5-19)15-25(20-6-12-24(28)13-7-20)29(17)16-18-2-8-22(26)9-3-18/h2-15H,16H2,1H3/q+1. The van der Waals surface area contributed by atoms with Crippen molar-refractivity contribution in [2.24, 2.45) is 0 Å². The van der Waals surface area contributed by atoms with Gasteiger partial charge in [0.2, 0.25) is 5.69 Å². The molecule has 0 radical (unpaired) electrons. The molecule has 0 bridgehead atoms. The number of hydrogen-bond acceptors (Lipinski definition) is 0. The summed E-state index contributed by atoms with van der Waals surface area (Å²) >= 11 is 10.6. The van der Waals surface area contributed by atoms with Crippen molar-refractivity contribution in [2.45, 2.75) is 13.5 Å². The van der Waals surface area contributed by atoms with Gasteiger partial charge in [-0.3, -0.25) is 0 Å². The van der Waals surface area contributed by atoms with Gasteiger partial charge in [0.25, 0.3) is 0 Å². The van der Waals surface area contributed by atoms with E-state index in [2.05, 4.69) is 144 Å². The molecule has 0 aliphatic heterocycles. The summed E-state index contributed by atoms with van der Waals surface area (Å²) in [6.45, 7) is 3.01. The van der Waals surface area contributed by atoms with Crippen LogP contribution in [0, 0.1) is 6.92 Å². The summed E-state index contributed by atoms with van der Waals surface area (Å²) in [5.74, 6) is 0. The minimum atomic E-state index is 0.825. The molecule has 4 heteroatoms. The molecule has 0 unspecified atom stereocenters. The van der Waals surface area contributed by atoms with Crippen LogP contribution in [0.15, 0.2) is 98.3 Å². The highest BCUT2D eigenvalue weighted by Crippen LogP contribution is 2.27. The summed E-state index contributed by atoms with van der Waals surface area (Å²) in [5, 5.41) is 0. The quantitative estimate of drug-likeness (QED) is 0.218. The van der Waals surface area contributed by atoms with Gasteiger partial charge in [-0.2, -0.15) is 4.57 Å². The van der Waals surface area contributed by atoms with Crippen LogP contribution in [0.2, 0.25) is 0 Å². The summed E-state index contributed by atoms with van der Waals surface area (Å²) in [6.07, 6.45) is 0. The summed E-state index contributed by atoms with van der Waals surface area (Å²) in [5.41, 5.74) is 7.35. The Morgan fingerprint density at radius 1 is 0.586 bits per heavy atom. The number of aromatic nitrogens is 1. The molecule has 0 atom stereocenters. The van der Waals surface area contributed by atoms with E-state index in [-0.39, 0.29) is 0 Å². The van der Waals surface area contributed by atoms with Gasteiger partial charge in [-0.1, -0.05) is 72.1 Å². The largest absolute Gasteiger partial charge is 0.213 e. The van der Waals surface area contributed by atoms with Crippen LogP contribution in [-0.2, 0) is 6.54 Å². The molecule has 0 N–H and O–H groups in total. The lowest BCUT2D eigenvalue weighted by atomic mass is 10.0. The molecule has 1 nitrogen and oxygen atoms in total. The van der Waals surface area contributed by atoms with E-state index in [1.165, 1.54) is 33.6 Å². The molecule has 29 heavy (non-hydrogen) atoms. The third kappa shape index (κ3) is 4.88. The lowest BCUT2D eigenvalue weighted by molar-refractivity contribution is -0.683. The van der Waals surface area contributed by atoms with Gasteiger partial charge in [-0.25, -0.2) is 0 Å². The molecule has 0 aliphatic rings. The van der Waals surface area contributed by atoms with Crippen molar-refractivity contribution >= 4 is 47.8 Å². The first-order valence-electron chi connectivity index (χ1n) is 9.30. The number of benzene rings is 3. The van der Waals surface area contributed by atoms with E-state index in [1.807, 2.05) is 0 Å². The van der Waals surface area contributed by atoms with Crippen molar-refractivity contribution in [1.82, 2.24) is 0 Å². The first-order valence-corrected chi connectivity index (χ1v) is 11.7. The summed E-state index contributed by atoms with van der Waals surface area (Å²) < 4.78 is 5.66. The Morgan fingerprint density at radius 2 is 1.07 bits per heavy atom. The van der Waals surface area contributed by atoms with E-state index in [1.54, 1.807) is 0 Å². The fourth-order valence-electron chi connectivity index (χ4n) is 3.41. The zero-order valence-corrected chi connectivity index (χ0v) is 20.6. The first-order chi connectivity index (χ1) is 14.0. The van der Waals surface area contributed by atoms with Crippen LogP contribution in [0.1, 0.15) is 11.3 Å². The Balaban J connectivity index is 1.85. The third-order valence-corrected chi connectivity index (χ3v) is 6.53. The molecule has 0 amide bonds. The van der Waals surface area contributed by atoms with Gasteiger partial charge in [0.1, 0.15) is 0 Å². The monoisotopic (exact) mass is 570 g/mol. The van der Waals surface area contributed by atoms with Crippen molar-refractivity contribution in [3.63, 3.8) is 0 Å². The first kappa shape index (κ1) is 20.5. The molecule has 0 saturated heterocycles. The van der Waals surface area contributed by atoms with Gasteiger partial charge in [0, 0.05) is 43.6 Å². The second-order valence-corrected chi connectivity index (χ2v) is 9.74. The molecule has 0 aliphatic carbocycles. The molecule has 0 fully saturated rings. The summed E-state index contributed by atoms with van der Waals surface area (Å²) in [6, 6.07) is 30.1. The Morgan fingerprint density at radius 3 is 1.62 bits per heavy atom. The average Bonchev–Trinajstić information content (AvgIpc) is 2.72. The zero-order chi connectivity index (χ0) is 20.4. The molecular weight excluding hydrogens is 554 g/mol. The lowest BCUT2D eigenvalue weighted by Crippen LogP contribution is -2.40.